The zero-order chi connectivity index (χ0) is 14.7. The summed E-state index contributed by atoms with van der Waals surface area (Å²) in [4.78, 5) is 0.305. The van der Waals surface area contributed by atoms with Gasteiger partial charge in [-0.05, 0) is 42.9 Å². The maximum Gasteiger partial charge on any atom is 0.240 e. The third-order valence-corrected chi connectivity index (χ3v) is 6.10. The summed E-state index contributed by atoms with van der Waals surface area (Å²) >= 11 is 3.36. The molecule has 0 aliphatic rings. The Kier molecular flexibility index (Phi) is 5.59. The molecule has 1 rings (SSSR count). The molecule has 19 heavy (non-hydrogen) atoms. The number of hydrogen-bond donors (Lipinski definition) is 1. The van der Waals surface area contributed by atoms with Crippen LogP contribution in [-0.4, -0.2) is 15.0 Å². The summed E-state index contributed by atoms with van der Waals surface area (Å²) in [6, 6.07) is 5.09. The highest BCUT2D eigenvalue weighted by Crippen LogP contribution is 2.25. The monoisotopic (exact) mass is 347 g/mol. The predicted octanol–water partition coefficient (Wildman–Crippen LogP) is 3.86. The largest absolute Gasteiger partial charge is 0.240 e. The van der Waals surface area contributed by atoms with E-state index in [1.807, 2.05) is 6.92 Å². The number of benzene rings is 1. The fourth-order valence-corrected chi connectivity index (χ4v) is 3.35. The van der Waals surface area contributed by atoms with E-state index in [9.17, 15) is 8.42 Å². The lowest BCUT2D eigenvalue weighted by molar-refractivity contribution is 0.299. The third-order valence-electron chi connectivity index (χ3n) is 3.85. The molecule has 0 atom stereocenters. The summed E-state index contributed by atoms with van der Waals surface area (Å²) in [6.07, 6.45) is 1.90. The van der Waals surface area contributed by atoms with Crippen LogP contribution in [0.4, 0.5) is 0 Å². The second kappa shape index (κ2) is 6.37. The molecule has 0 aliphatic carbocycles. The van der Waals surface area contributed by atoms with Gasteiger partial charge in [0, 0.05) is 11.0 Å². The fraction of sp³-hybridized carbons (Fsp3) is 0.571. The first-order valence-electron chi connectivity index (χ1n) is 6.50. The summed E-state index contributed by atoms with van der Waals surface area (Å²) in [7, 11) is -3.43. The Balaban J connectivity index is 2.90. The summed E-state index contributed by atoms with van der Waals surface area (Å²) in [6.45, 7) is 8.66. The van der Waals surface area contributed by atoms with E-state index in [0.717, 1.165) is 22.9 Å². The minimum absolute atomic E-state index is 0.00893. The Morgan fingerprint density at radius 3 is 2.32 bits per heavy atom. The SMILES string of the molecule is CCC(C)(CC)CNS(=O)(=O)c1ccc(C)c(Br)c1. The molecule has 1 aromatic rings. The lowest BCUT2D eigenvalue weighted by Crippen LogP contribution is -2.35. The van der Waals surface area contributed by atoms with Crippen molar-refractivity contribution < 1.29 is 8.42 Å². The van der Waals surface area contributed by atoms with Crippen molar-refractivity contribution >= 4 is 26.0 Å². The van der Waals surface area contributed by atoms with E-state index in [-0.39, 0.29) is 5.41 Å². The molecule has 0 unspecified atom stereocenters. The average molecular weight is 348 g/mol. The second-order valence-electron chi connectivity index (χ2n) is 5.25. The second-order valence-corrected chi connectivity index (χ2v) is 7.87. The van der Waals surface area contributed by atoms with Crippen LogP contribution in [0.15, 0.2) is 27.6 Å². The van der Waals surface area contributed by atoms with Gasteiger partial charge in [-0.2, -0.15) is 0 Å². The number of rotatable bonds is 6. The number of hydrogen-bond acceptors (Lipinski definition) is 2. The molecule has 0 heterocycles. The van der Waals surface area contributed by atoms with E-state index < -0.39 is 10.0 Å². The van der Waals surface area contributed by atoms with Crippen molar-refractivity contribution in [1.29, 1.82) is 0 Å². The number of halogens is 1. The van der Waals surface area contributed by atoms with Gasteiger partial charge in [0.1, 0.15) is 0 Å². The van der Waals surface area contributed by atoms with E-state index in [1.165, 1.54) is 0 Å². The molecule has 5 heteroatoms. The van der Waals surface area contributed by atoms with Crippen LogP contribution in [0.1, 0.15) is 39.2 Å². The molecule has 0 amide bonds. The van der Waals surface area contributed by atoms with Crippen molar-refractivity contribution in [1.82, 2.24) is 4.72 Å². The molecule has 0 saturated heterocycles. The van der Waals surface area contributed by atoms with Crippen LogP contribution in [0, 0.1) is 12.3 Å². The summed E-state index contributed by atoms with van der Waals surface area (Å²) in [5, 5.41) is 0. The molecule has 0 spiro atoms. The molecule has 1 aromatic carbocycles. The Morgan fingerprint density at radius 2 is 1.84 bits per heavy atom. The molecule has 0 aliphatic heterocycles. The van der Waals surface area contributed by atoms with Gasteiger partial charge in [-0.15, -0.1) is 0 Å². The molecule has 0 fully saturated rings. The van der Waals surface area contributed by atoms with E-state index in [0.29, 0.717) is 11.4 Å². The highest BCUT2D eigenvalue weighted by Gasteiger charge is 2.23. The Hall–Kier alpha value is -0.390. The van der Waals surface area contributed by atoms with E-state index in [1.54, 1.807) is 18.2 Å². The topological polar surface area (TPSA) is 46.2 Å². The van der Waals surface area contributed by atoms with Crippen LogP contribution in [0.5, 0.6) is 0 Å². The molecule has 3 nitrogen and oxygen atoms in total. The van der Waals surface area contributed by atoms with Crippen molar-refractivity contribution in [3.63, 3.8) is 0 Å². The number of sulfonamides is 1. The molecule has 0 saturated carbocycles. The van der Waals surface area contributed by atoms with Crippen molar-refractivity contribution in [2.45, 2.75) is 45.4 Å². The predicted molar refractivity (Wildman–Crippen MR) is 82.8 cm³/mol. The van der Waals surface area contributed by atoms with E-state index in [2.05, 4.69) is 41.4 Å². The van der Waals surface area contributed by atoms with Crippen LogP contribution >= 0.6 is 15.9 Å². The van der Waals surface area contributed by atoms with Gasteiger partial charge in [-0.25, -0.2) is 13.1 Å². The van der Waals surface area contributed by atoms with E-state index >= 15 is 0 Å². The zero-order valence-electron chi connectivity index (χ0n) is 12.0. The standard InChI is InChI=1S/C14H22BrNO2S/c1-5-14(4,6-2)10-16-19(17,18)12-8-7-11(3)13(15)9-12/h7-9,16H,5-6,10H2,1-4H3. The van der Waals surface area contributed by atoms with Crippen LogP contribution in [0.3, 0.4) is 0 Å². The minimum Gasteiger partial charge on any atom is -0.211 e. The Morgan fingerprint density at radius 1 is 1.26 bits per heavy atom. The van der Waals surface area contributed by atoms with Gasteiger partial charge in [-0.3, -0.25) is 0 Å². The van der Waals surface area contributed by atoms with Crippen molar-refractivity contribution in [2.24, 2.45) is 5.41 Å². The normalized spacial score (nSPS) is 12.7. The first-order chi connectivity index (χ1) is 8.74. The summed E-state index contributed by atoms with van der Waals surface area (Å²) < 4.78 is 28.0. The maximum atomic E-state index is 12.2. The van der Waals surface area contributed by atoms with Crippen LogP contribution < -0.4 is 4.72 Å². The third kappa shape index (κ3) is 4.29. The zero-order valence-corrected chi connectivity index (χ0v) is 14.4. The number of nitrogens with one attached hydrogen (secondary N) is 1. The quantitative estimate of drug-likeness (QED) is 0.848. The lowest BCUT2D eigenvalue weighted by Gasteiger charge is -2.26. The van der Waals surface area contributed by atoms with Gasteiger partial charge in [-0.1, -0.05) is 42.8 Å². The molecule has 0 aromatic heterocycles. The molecular weight excluding hydrogens is 326 g/mol. The van der Waals surface area contributed by atoms with Crippen LogP contribution in [-0.2, 0) is 10.0 Å². The highest BCUT2D eigenvalue weighted by molar-refractivity contribution is 9.10. The fourth-order valence-electron chi connectivity index (χ4n) is 1.59. The van der Waals surface area contributed by atoms with Gasteiger partial charge in [0.25, 0.3) is 0 Å². The van der Waals surface area contributed by atoms with Gasteiger partial charge >= 0.3 is 0 Å². The van der Waals surface area contributed by atoms with Gasteiger partial charge < -0.3 is 0 Å². The lowest BCUT2D eigenvalue weighted by atomic mass is 9.85. The summed E-state index contributed by atoms with van der Waals surface area (Å²) in [5.41, 5.74) is 1.03. The molecule has 0 radical (unpaired) electrons. The summed E-state index contributed by atoms with van der Waals surface area (Å²) in [5.74, 6) is 0. The van der Waals surface area contributed by atoms with Crippen molar-refractivity contribution in [2.75, 3.05) is 6.54 Å². The average Bonchev–Trinajstić information content (AvgIpc) is 2.39. The Labute approximate surface area is 125 Å². The van der Waals surface area contributed by atoms with E-state index in [4.69, 9.17) is 0 Å². The number of aryl methyl sites for hydroxylation is 1. The highest BCUT2D eigenvalue weighted by atomic mass is 79.9. The van der Waals surface area contributed by atoms with Crippen molar-refractivity contribution in [3.8, 4) is 0 Å². The smallest absolute Gasteiger partial charge is 0.211 e. The minimum atomic E-state index is -3.43. The molecule has 108 valence electrons. The molecule has 1 N–H and O–H groups in total. The van der Waals surface area contributed by atoms with Gasteiger partial charge in [0.15, 0.2) is 0 Å². The van der Waals surface area contributed by atoms with Gasteiger partial charge in [0.2, 0.25) is 10.0 Å². The first-order valence-corrected chi connectivity index (χ1v) is 8.77. The Bertz CT molecular complexity index is 536. The van der Waals surface area contributed by atoms with Crippen LogP contribution in [0.2, 0.25) is 0 Å². The maximum absolute atomic E-state index is 12.2. The van der Waals surface area contributed by atoms with Gasteiger partial charge in [0.05, 0.1) is 4.90 Å². The molecular formula is C14H22BrNO2S. The van der Waals surface area contributed by atoms with Crippen molar-refractivity contribution in [3.05, 3.63) is 28.2 Å². The van der Waals surface area contributed by atoms with Crippen LogP contribution in [0.25, 0.3) is 0 Å². The molecule has 0 bridgehead atoms. The first kappa shape index (κ1) is 16.7.